The first kappa shape index (κ1) is 15.4. The quantitative estimate of drug-likeness (QED) is 0.720. The summed E-state index contributed by atoms with van der Waals surface area (Å²) >= 11 is 1.42. The molecule has 1 aromatic carbocycles. The average Bonchev–Trinajstić information content (AvgIpc) is 2.89. The number of amides is 1. The molecule has 1 saturated heterocycles. The summed E-state index contributed by atoms with van der Waals surface area (Å²) in [5.41, 5.74) is 10.3. The summed E-state index contributed by atoms with van der Waals surface area (Å²) in [4.78, 5) is 21.0. The Hall–Kier alpha value is -2.14. The predicted octanol–water partition coefficient (Wildman–Crippen LogP) is 4.27. The molecule has 1 aliphatic heterocycles. The molecule has 4 rings (SSSR count). The molecule has 0 spiro atoms. The van der Waals surface area contributed by atoms with E-state index >= 15 is 0 Å². The zero-order valence-electron chi connectivity index (χ0n) is 14.1. The highest BCUT2D eigenvalue weighted by atomic mass is 32.1. The highest BCUT2D eigenvalue weighted by Crippen LogP contribution is 2.36. The minimum absolute atomic E-state index is 0.0622. The van der Waals surface area contributed by atoms with Crippen LogP contribution in [-0.2, 0) is 0 Å². The van der Waals surface area contributed by atoms with Crippen molar-refractivity contribution < 1.29 is 4.79 Å². The van der Waals surface area contributed by atoms with E-state index in [1.165, 1.54) is 28.9 Å². The fourth-order valence-corrected chi connectivity index (χ4v) is 4.61. The number of nitrogens with zero attached hydrogens (tertiary/aromatic N) is 2. The van der Waals surface area contributed by atoms with E-state index in [0.29, 0.717) is 10.6 Å². The second-order valence-electron chi connectivity index (χ2n) is 6.69. The fraction of sp³-hybridized carbons (Fsp3) is 0.368. The summed E-state index contributed by atoms with van der Waals surface area (Å²) in [6, 6.07) is 6.33. The molecule has 124 valence electrons. The number of aryl methyl sites for hydroxylation is 2. The van der Waals surface area contributed by atoms with Crippen LogP contribution in [0.15, 0.2) is 18.2 Å². The third kappa shape index (κ3) is 2.44. The molecule has 1 fully saturated rings. The second kappa shape index (κ2) is 5.74. The maximum Gasteiger partial charge on any atom is 0.266 e. The minimum Gasteiger partial charge on any atom is -0.397 e. The van der Waals surface area contributed by atoms with Crippen molar-refractivity contribution in [2.24, 2.45) is 0 Å². The van der Waals surface area contributed by atoms with Gasteiger partial charge in [-0.3, -0.25) is 4.79 Å². The first-order chi connectivity index (χ1) is 11.5. The van der Waals surface area contributed by atoms with Crippen LogP contribution < -0.4 is 5.73 Å². The Bertz CT molecular complexity index is 954. The van der Waals surface area contributed by atoms with Crippen molar-refractivity contribution in [3.8, 4) is 0 Å². The molecule has 2 aromatic heterocycles. The van der Waals surface area contributed by atoms with Crippen molar-refractivity contribution >= 4 is 44.1 Å². The highest BCUT2D eigenvalue weighted by Gasteiger charge is 2.24. The van der Waals surface area contributed by atoms with E-state index in [9.17, 15) is 4.79 Å². The Labute approximate surface area is 145 Å². The number of carbonyl (C=O) groups excluding carboxylic acids is 1. The first-order valence-electron chi connectivity index (χ1n) is 8.44. The van der Waals surface area contributed by atoms with Crippen molar-refractivity contribution in [1.29, 1.82) is 0 Å². The normalized spacial score (nSPS) is 15.3. The predicted molar refractivity (Wildman–Crippen MR) is 101 cm³/mol. The number of fused-ring (bicyclic) bond motifs is 2. The van der Waals surface area contributed by atoms with Gasteiger partial charge in [0.2, 0.25) is 0 Å². The number of likely N-dealkylation sites (tertiary alicyclic amines) is 1. The van der Waals surface area contributed by atoms with Gasteiger partial charge >= 0.3 is 0 Å². The Kier molecular flexibility index (Phi) is 3.68. The van der Waals surface area contributed by atoms with Crippen molar-refractivity contribution in [3.63, 3.8) is 0 Å². The number of nitrogen functional groups attached to an aromatic ring is 1. The number of nitrogens with two attached hydrogens (primary N) is 1. The Balaban J connectivity index is 1.86. The molecule has 3 heterocycles. The molecule has 4 nitrogen and oxygen atoms in total. The van der Waals surface area contributed by atoms with Crippen LogP contribution >= 0.6 is 11.3 Å². The summed E-state index contributed by atoms with van der Waals surface area (Å²) in [5.74, 6) is 0.0622. The van der Waals surface area contributed by atoms with Gasteiger partial charge in [-0.05, 0) is 56.4 Å². The van der Waals surface area contributed by atoms with E-state index in [-0.39, 0.29) is 5.91 Å². The van der Waals surface area contributed by atoms with Gasteiger partial charge in [0.15, 0.2) is 0 Å². The number of thiophene rings is 1. The van der Waals surface area contributed by atoms with Crippen LogP contribution in [0.4, 0.5) is 5.69 Å². The van der Waals surface area contributed by atoms with Crippen molar-refractivity contribution in [2.45, 2.75) is 33.1 Å². The SMILES string of the molecule is Cc1cc(C)c2cc3c(N)c(C(=O)N4CCCCC4)sc3nc2c1. The number of piperidine rings is 1. The van der Waals surface area contributed by atoms with E-state index in [2.05, 4.69) is 32.0 Å². The van der Waals surface area contributed by atoms with Crippen LogP contribution in [0.25, 0.3) is 21.1 Å². The minimum atomic E-state index is 0.0622. The van der Waals surface area contributed by atoms with Gasteiger partial charge in [0.05, 0.1) is 11.2 Å². The van der Waals surface area contributed by atoms with Crippen LogP contribution in [0.2, 0.25) is 0 Å². The standard InChI is InChI=1S/C19H21N3OS/c1-11-8-12(2)13-10-14-16(20)17(24-18(14)21-15(13)9-11)19(23)22-6-4-3-5-7-22/h8-10H,3-7,20H2,1-2H3. The van der Waals surface area contributed by atoms with Gasteiger partial charge in [-0.25, -0.2) is 4.98 Å². The second-order valence-corrected chi connectivity index (χ2v) is 7.69. The molecule has 0 saturated carbocycles. The van der Waals surface area contributed by atoms with E-state index < -0.39 is 0 Å². The van der Waals surface area contributed by atoms with Gasteiger partial charge in [0.25, 0.3) is 5.91 Å². The molecule has 5 heteroatoms. The summed E-state index contributed by atoms with van der Waals surface area (Å²) in [6.07, 6.45) is 3.37. The van der Waals surface area contributed by atoms with Crippen molar-refractivity contribution in [3.05, 3.63) is 34.2 Å². The fourth-order valence-electron chi connectivity index (χ4n) is 3.56. The molecule has 0 unspecified atom stereocenters. The lowest BCUT2D eigenvalue weighted by Gasteiger charge is -2.26. The number of pyridine rings is 1. The van der Waals surface area contributed by atoms with E-state index in [4.69, 9.17) is 10.7 Å². The number of carbonyl (C=O) groups is 1. The zero-order chi connectivity index (χ0) is 16.8. The van der Waals surface area contributed by atoms with Crippen LogP contribution in [0, 0.1) is 13.8 Å². The molecule has 0 atom stereocenters. The van der Waals surface area contributed by atoms with Gasteiger partial charge in [0.1, 0.15) is 9.71 Å². The number of anilines is 1. The lowest BCUT2D eigenvalue weighted by atomic mass is 10.0. The number of benzene rings is 1. The summed E-state index contributed by atoms with van der Waals surface area (Å²) in [7, 11) is 0. The van der Waals surface area contributed by atoms with Gasteiger partial charge in [-0.15, -0.1) is 11.3 Å². The molecule has 1 aliphatic rings. The van der Waals surface area contributed by atoms with Crippen molar-refractivity contribution in [1.82, 2.24) is 9.88 Å². The molecular weight excluding hydrogens is 318 g/mol. The number of hydrogen-bond acceptors (Lipinski definition) is 4. The lowest BCUT2D eigenvalue weighted by molar-refractivity contribution is 0.0730. The largest absolute Gasteiger partial charge is 0.397 e. The molecule has 2 N–H and O–H groups in total. The van der Waals surface area contributed by atoms with Gasteiger partial charge in [-0.1, -0.05) is 6.07 Å². The molecular formula is C19H21N3OS. The Morgan fingerprint density at radius 1 is 1.12 bits per heavy atom. The van der Waals surface area contributed by atoms with Crippen LogP contribution in [0.3, 0.4) is 0 Å². The van der Waals surface area contributed by atoms with E-state index in [1.807, 2.05) is 4.90 Å². The molecule has 0 bridgehead atoms. The van der Waals surface area contributed by atoms with Gasteiger partial charge in [0, 0.05) is 23.9 Å². The highest BCUT2D eigenvalue weighted by molar-refractivity contribution is 7.21. The molecule has 24 heavy (non-hydrogen) atoms. The smallest absolute Gasteiger partial charge is 0.266 e. The number of aromatic nitrogens is 1. The van der Waals surface area contributed by atoms with Crippen LogP contribution in [0.1, 0.15) is 40.1 Å². The summed E-state index contributed by atoms with van der Waals surface area (Å²) in [6.45, 7) is 5.83. The zero-order valence-corrected chi connectivity index (χ0v) is 14.9. The third-order valence-electron chi connectivity index (χ3n) is 4.82. The topological polar surface area (TPSA) is 59.2 Å². The van der Waals surface area contributed by atoms with E-state index in [1.54, 1.807) is 0 Å². The maximum absolute atomic E-state index is 12.8. The third-order valence-corrected chi connectivity index (χ3v) is 5.92. The molecule has 0 aliphatic carbocycles. The monoisotopic (exact) mass is 339 g/mol. The van der Waals surface area contributed by atoms with Gasteiger partial charge < -0.3 is 10.6 Å². The molecule has 0 radical (unpaired) electrons. The van der Waals surface area contributed by atoms with Crippen LogP contribution in [-0.4, -0.2) is 28.9 Å². The molecule has 1 amide bonds. The Morgan fingerprint density at radius 3 is 2.62 bits per heavy atom. The Morgan fingerprint density at radius 2 is 1.88 bits per heavy atom. The van der Waals surface area contributed by atoms with Crippen molar-refractivity contribution in [2.75, 3.05) is 18.8 Å². The number of hydrogen-bond donors (Lipinski definition) is 1. The van der Waals surface area contributed by atoms with Gasteiger partial charge in [-0.2, -0.15) is 0 Å². The summed E-state index contributed by atoms with van der Waals surface area (Å²) < 4.78 is 0. The average molecular weight is 339 g/mol. The molecule has 3 aromatic rings. The van der Waals surface area contributed by atoms with E-state index in [0.717, 1.165) is 47.1 Å². The summed E-state index contributed by atoms with van der Waals surface area (Å²) in [5, 5.41) is 2.01. The first-order valence-corrected chi connectivity index (χ1v) is 9.25. The number of rotatable bonds is 1. The maximum atomic E-state index is 12.8. The lowest BCUT2D eigenvalue weighted by Crippen LogP contribution is -2.35. The van der Waals surface area contributed by atoms with Crippen LogP contribution in [0.5, 0.6) is 0 Å².